The second-order valence-corrected chi connectivity index (χ2v) is 5.95. The fourth-order valence-electron chi connectivity index (χ4n) is 1.93. The predicted octanol–water partition coefficient (Wildman–Crippen LogP) is 4.64. The molecule has 0 aliphatic carbocycles. The highest BCUT2D eigenvalue weighted by Gasteiger charge is 2.03. The molecule has 0 amide bonds. The Morgan fingerprint density at radius 3 is 2.40 bits per heavy atom. The lowest BCUT2D eigenvalue weighted by Gasteiger charge is -2.10. The van der Waals surface area contributed by atoms with Gasteiger partial charge in [-0.05, 0) is 40.8 Å². The fraction of sp³-hybridized carbons (Fsp3) is 0.294. The second kappa shape index (κ2) is 6.91. The zero-order chi connectivity index (χ0) is 14.5. The van der Waals surface area contributed by atoms with Gasteiger partial charge in [0.2, 0.25) is 0 Å². The molecule has 0 saturated carbocycles. The molecule has 0 aromatic heterocycles. The lowest BCUT2D eigenvalue weighted by Crippen LogP contribution is -1.97. The quantitative estimate of drug-likeness (QED) is 0.862. The van der Waals surface area contributed by atoms with Crippen LogP contribution in [0.1, 0.15) is 36.5 Å². The van der Waals surface area contributed by atoms with E-state index in [1.807, 2.05) is 18.2 Å². The van der Waals surface area contributed by atoms with E-state index in [2.05, 4.69) is 54.0 Å². The van der Waals surface area contributed by atoms with Crippen LogP contribution < -0.4 is 4.74 Å². The van der Waals surface area contributed by atoms with Crippen LogP contribution in [-0.2, 0) is 13.2 Å². The van der Waals surface area contributed by atoms with Gasteiger partial charge >= 0.3 is 0 Å². The van der Waals surface area contributed by atoms with Crippen molar-refractivity contribution in [2.75, 3.05) is 0 Å². The average molecular weight is 335 g/mol. The predicted molar refractivity (Wildman–Crippen MR) is 84.9 cm³/mol. The molecule has 0 fully saturated rings. The SMILES string of the molecule is CC(C)c1ccc(COc2ccc(Br)c(CO)c2)cc1. The molecule has 0 atom stereocenters. The van der Waals surface area contributed by atoms with Crippen molar-refractivity contribution in [1.82, 2.24) is 0 Å². The van der Waals surface area contributed by atoms with Crippen LogP contribution in [0.5, 0.6) is 5.75 Å². The van der Waals surface area contributed by atoms with E-state index in [0.717, 1.165) is 21.3 Å². The summed E-state index contributed by atoms with van der Waals surface area (Å²) in [6.45, 7) is 4.90. The van der Waals surface area contributed by atoms with Crippen LogP contribution in [0.3, 0.4) is 0 Å². The van der Waals surface area contributed by atoms with Crippen molar-refractivity contribution in [3.8, 4) is 5.75 Å². The number of aliphatic hydroxyl groups excluding tert-OH is 1. The summed E-state index contributed by atoms with van der Waals surface area (Å²) in [5.74, 6) is 1.31. The van der Waals surface area contributed by atoms with E-state index in [1.54, 1.807) is 0 Å². The van der Waals surface area contributed by atoms with Crippen molar-refractivity contribution in [2.24, 2.45) is 0 Å². The van der Waals surface area contributed by atoms with Gasteiger partial charge in [0.25, 0.3) is 0 Å². The van der Waals surface area contributed by atoms with Crippen LogP contribution in [0.15, 0.2) is 46.9 Å². The smallest absolute Gasteiger partial charge is 0.120 e. The fourth-order valence-corrected chi connectivity index (χ4v) is 2.30. The van der Waals surface area contributed by atoms with Gasteiger partial charge in [0.05, 0.1) is 6.61 Å². The lowest BCUT2D eigenvalue weighted by atomic mass is 10.0. The maximum Gasteiger partial charge on any atom is 0.120 e. The van der Waals surface area contributed by atoms with E-state index < -0.39 is 0 Å². The van der Waals surface area contributed by atoms with Crippen LogP contribution in [-0.4, -0.2) is 5.11 Å². The molecule has 2 aromatic carbocycles. The molecule has 2 aromatic rings. The molecule has 0 heterocycles. The van der Waals surface area contributed by atoms with Crippen molar-refractivity contribution in [2.45, 2.75) is 33.0 Å². The molecule has 3 heteroatoms. The van der Waals surface area contributed by atoms with Gasteiger partial charge in [-0.3, -0.25) is 0 Å². The summed E-state index contributed by atoms with van der Waals surface area (Å²) in [5, 5.41) is 9.23. The van der Waals surface area contributed by atoms with Gasteiger partial charge in [0.15, 0.2) is 0 Å². The van der Waals surface area contributed by atoms with Crippen LogP contribution in [0.25, 0.3) is 0 Å². The first-order valence-corrected chi connectivity index (χ1v) is 7.50. The van der Waals surface area contributed by atoms with Crippen molar-refractivity contribution in [1.29, 1.82) is 0 Å². The number of hydrogen-bond acceptors (Lipinski definition) is 2. The Balaban J connectivity index is 2.01. The highest BCUT2D eigenvalue weighted by Crippen LogP contribution is 2.23. The summed E-state index contributed by atoms with van der Waals surface area (Å²) in [6, 6.07) is 14.1. The molecule has 106 valence electrons. The third-order valence-corrected chi connectivity index (χ3v) is 4.01. The molecule has 0 saturated heterocycles. The Morgan fingerprint density at radius 1 is 1.10 bits per heavy atom. The third kappa shape index (κ3) is 3.84. The van der Waals surface area contributed by atoms with Crippen molar-refractivity contribution in [3.63, 3.8) is 0 Å². The Morgan fingerprint density at radius 2 is 1.80 bits per heavy atom. The zero-order valence-electron chi connectivity index (χ0n) is 11.8. The molecule has 0 radical (unpaired) electrons. The van der Waals surface area contributed by atoms with Gasteiger partial charge in [0, 0.05) is 4.47 Å². The van der Waals surface area contributed by atoms with Crippen molar-refractivity contribution < 1.29 is 9.84 Å². The topological polar surface area (TPSA) is 29.5 Å². The van der Waals surface area contributed by atoms with Gasteiger partial charge in [-0.1, -0.05) is 54.0 Å². The Bertz CT molecular complexity index is 562. The summed E-state index contributed by atoms with van der Waals surface area (Å²) in [5.41, 5.74) is 3.31. The molecule has 0 aliphatic heterocycles. The van der Waals surface area contributed by atoms with Crippen LogP contribution >= 0.6 is 15.9 Å². The van der Waals surface area contributed by atoms with Crippen molar-refractivity contribution in [3.05, 3.63) is 63.6 Å². The summed E-state index contributed by atoms with van der Waals surface area (Å²) in [4.78, 5) is 0. The number of aliphatic hydroxyl groups is 1. The Kier molecular flexibility index (Phi) is 5.21. The molecule has 20 heavy (non-hydrogen) atoms. The Hall–Kier alpha value is -1.32. The zero-order valence-corrected chi connectivity index (χ0v) is 13.4. The van der Waals surface area contributed by atoms with E-state index in [9.17, 15) is 5.11 Å². The number of halogens is 1. The molecule has 0 bridgehead atoms. The van der Waals surface area contributed by atoms with E-state index in [0.29, 0.717) is 12.5 Å². The maximum absolute atomic E-state index is 9.23. The van der Waals surface area contributed by atoms with Gasteiger partial charge in [-0.25, -0.2) is 0 Å². The van der Waals surface area contributed by atoms with Gasteiger partial charge in [0.1, 0.15) is 12.4 Å². The summed E-state index contributed by atoms with van der Waals surface area (Å²) in [7, 11) is 0. The molecular formula is C17H19BrO2. The number of hydrogen-bond donors (Lipinski definition) is 1. The minimum atomic E-state index is 0.000862. The first-order valence-electron chi connectivity index (χ1n) is 6.71. The van der Waals surface area contributed by atoms with Gasteiger partial charge < -0.3 is 9.84 Å². The van der Waals surface area contributed by atoms with E-state index in [1.165, 1.54) is 5.56 Å². The largest absolute Gasteiger partial charge is 0.489 e. The summed E-state index contributed by atoms with van der Waals surface area (Å²) in [6.07, 6.45) is 0. The molecular weight excluding hydrogens is 316 g/mol. The van der Waals surface area contributed by atoms with Crippen molar-refractivity contribution >= 4 is 15.9 Å². The molecule has 0 aliphatic rings. The Labute approximate surface area is 128 Å². The van der Waals surface area contributed by atoms with Crippen LogP contribution in [0.2, 0.25) is 0 Å². The van der Waals surface area contributed by atoms with Gasteiger partial charge in [-0.15, -0.1) is 0 Å². The average Bonchev–Trinajstić information content (AvgIpc) is 2.46. The highest BCUT2D eigenvalue weighted by atomic mass is 79.9. The van der Waals surface area contributed by atoms with Gasteiger partial charge in [-0.2, -0.15) is 0 Å². The number of benzene rings is 2. The summed E-state index contributed by atoms with van der Waals surface area (Å²) < 4.78 is 6.65. The summed E-state index contributed by atoms with van der Waals surface area (Å²) >= 11 is 3.39. The molecule has 0 spiro atoms. The molecule has 1 N–H and O–H groups in total. The monoisotopic (exact) mass is 334 g/mol. The third-order valence-electron chi connectivity index (χ3n) is 3.24. The first-order chi connectivity index (χ1) is 9.60. The lowest BCUT2D eigenvalue weighted by molar-refractivity contribution is 0.277. The highest BCUT2D eigenvalue weighted by molar-refractivity contribution is 9.10. The van der Waals surface area contributed by atoms with E-state index in [-0.39, 0.29) is 6.61 Å². The van der Waals surface area contributed by atoms with E-state index in [4.69, 9.17) is 4.74 Å². The van der Waals surface area contributed by atoms with E-state index >= 15 is 0 Å². The number of ether oxygens (including phenoxy) is 1. The minimum Gasteiger partial charge on any atom is -0.489 e. The number of rotatable bonds is 5. The van der Waals surface area contributed by atoms with Crippen LogP contribution in [0.4, 0.5) is 0 Å². The molecule has 2 rings (SSSR count). The van der Waals surface area contributed by atoms with Crippen LogP contribution in [0, 0.1) is 0 Å². The normalized spacial score (nSPS) is 10.8. The standard InChI is InChI=1S/C17H19BrO2/c1-12(2)14-5-3-13(4-6-14)11-20-16-7-8-17(18)15(9-16)10-19/h3-9,12,19H,10-11H2,1-2H3. The first kappa shape index (κ1) is 15.1. The second-order valence-electron chi connectivity index (χ2n) is 5.10. The molecule has 2 nitrogen and oxygen atoms in total. The minimum absolute atomic E-state index is 0.000862. The maximum atomic E-state index is 9.23. The molecule has 0 unspecified atom stereocenters.